The van der Waals surface area contributed by atoms with Crippen LogP contribution in [0.25, 0.3) is 5.82 Å². The summed E-state index contributed by atoms with van der Waals surface area (Å²) in [6, 6.07) is 13.8. The molecular formula is C22H25N5O2. The molecule has 0 atom stereocenters. The highest BCUT2D eigenvalue weighted by Gasteiger charge is 2.22. The van der Waals surface area contributed by atoms with Gasteiger partial charge in [0, 0.05) is 51.1 Å². The van der Waals surface area contributed by atoms with Gasteiger partial charge >= 0.3 is 0 Å². The first-order valence-electron chi connectivity index (χ1n) is 9.84. The van der Waals surface area contributed by atoms with Gasteiger partial charge in [0.05, 0.1) is 7.11 Å². The van der Waals surface area contributed by atoms with Gasteiger partial charge in [0.25, 0.3) is 0 Å². The standard InChI is InChI=1S/C22H25N5O2/c1-29-19-7-4-18(5-8-19)6-9-22(28)27-14-12-26(13-15-27)21-16-20(23-17-24-21)25-10-2-3-11-25/h2-5,7-8,10-11,16-17H,6,9,12-15H2,1H3. The molecule has 1 saturated heterocycles. The molecule has 1 aliphatic rings. The molecule has 29 heavy (non-hydrogen) atoms. The van der Waals surface area contributed by atoms with Crippen molar-refractivity contribution in [3.05, 3.63) is 66.7 Å². The first kappa shape index (κ1) is 19.0. The number of carbonyl (C=O) groups excluding carboxylic acids is 1. The van der Waals surface area contributed by atoms with E-state index in [0.29, 0.717) is 19.5 Å². The van der Waals surface area contributed by atoms with Crippen LogP contribution in [0.4, 0.5) is 5.82 Å². The number of hydrogen-bond acceptors (Lipinski definition) is 5. The van der Waals surface area contributed by atoms with Gasteiger partial charge in [0.1, 0.15) is 23.7 Å². The second-order valence-electron chi connectivity index (χ2n) is 7.04. The number of methoxy groups -OCH3 is 1. The summed E-state index contributed by atoms with van der Waals surface area (Å²) in [5, 5.41) is 0. The molecule has 3 heterocycles. The summed E-state index contributed by atoms with van der Waals surface area (Å²) in [6.45, 7) is 2.97. The Morgan fingerprint density at radius 1 is 1.00 bits per heavy atom. The number of aromatic nitrogens is 3. The lowest BCUT2D eigenvalue weighted by atomic mass is 10.1. The summed E-state index contributed by atoms with van der Waals surface area (Å²) in [5.41, 5.74) is 1.15. The van der Waals surface area contributed by atoms with Crippen LogP contribution in [0.1, 0.15) is 12.0 Å². The Morgan fingerprint density at radius 2 is 1.69 bits per heavy atom. The number of anilines is 1. The minimum absolute atomic E-state index is 0.205. The van der Waals surface area contributed by atoms with Gasteiger partial charge < -0.3 is 19.1 Å². The summed E-state index contributed by atoms with van der Waals surface area (Å²) in [5.74, 6) is 2.78. The molecule has 150 valence electrons. The van der Waals surface area contributed by atoms with Crippen molar-refractivity contribution < 1.29 is 9.53 Å². The largest absolute Gasteiger partial charge is 0.497 e. The topological polar surface area (TPSA) is 63.5 Å². The van der Waals surface area contributed by atoms with E-state index in [-0.39, 0.29) is 5.91 Å². The Balaban J connectivity index is 1.30. The molecule has 1 aliphatic heterocycles. The summed E-state index contributed by atoms with van der Waals surface area (Å²) < 4.78 is 7.14. The first-order chi connectivity index (χ1) is 14.2. The first-order valence-corrected chi connectivity index (χ1v) is 9.84. The van der Waals surface area contributed by atoms with Crippen LogP contribution >= 0.6 is 0 Å². The Hall–Kier alpha value is -3.35. The number of aryl methyl sites for hydroxylation is 1. The molecule has 0 spiro atoms. The molecule has 0 radical (unpaired) electrons. The fraction of sp³-hybridized carbons (Fsp3) is 0.318. The molecule has 7 heteroatoms. The molecule has 0 unspecified atom stereocenters. The Kier molecular flexibility index (Phi) is 5.74. The summed E-state index contributed by atoms with van der Waals surface area (Å²) in [6.07, 6.45) is 6.79. The van der Waals surface area contributed by atoms with Crippen LogP contribution in [0.3, 0.4) is 0 Å². The lowest BCUT2D eigenvalue weighted by molar-refractivity contribution is -0.131. The highest BCUT2D eigenvalue weighted by molar-refractivity contribution is 5.76. The highest BCUT2D eigenvalue weighted by Crippen LogP contribution is 2.17. The third-order valence-electron chi connectivity index (χ3n) is 5.25. The molecule has 2 aromatic heterocycles. The van der Waals surface area contributed by atoms with Crippen LogP contribution in [-0.2, 0) is 11.2 Å². The van der Waals surface area contributed by atoms with Crippen molar-refractivity contribution in [2.24, 2.45) is 0 Å². The van der Waals surface area contributed by atoms with Crippen LogP contribution in [0.5, 0.6) is 5.75 Å². The van der Waals surface area contributed by atoms with Crippen molar-refractivity contribution in [2.45, 2.75) is 12.8 Å². The van der Waals surface area contributed by atoms with Crippen LogP contribution in [0.15, 0.2) is 61.2 Å². The fourth-order valence-corrected chi connectivity index (χ4v) is 3.53. The van der Waals surface area contributed by atoms with Crippen LogP contribution in [0.2, 0.25) is 0 Å². The summed E-state index contributed by atoms with van der Waals surface area (Å²) in [7, 11) is 1.65. The number of rotatable bonds is 6. The molecule has 0 aliphatic carbocycles. The molecule has 0 saturated carbocycles. The van der Waals surface area contributed by atoms with Gasteiger partial charge in [-0.15, -0.1) is 0 Å². The fourth-order valence-electron chi connectivity index (χ4n) is 3.53. The SMILES string of the molecule is COc1ccc(CCC(=O)N2CCN(c3cc(-n4cccc4)ncn3)CC2)cc1. The predicted molar refractivity (Wildman–Crippen MR) is 111 cm³/mol. The number of piperazine rings is 1. The lowest BCUT2D eigenvalue weighted by Crippen LogP contribution is -2.49. The third kappa shape index (κ3) is 4.56. The van der Waals surface area contributed by atoms with E-state index >= 15 is 0 Å². The maximum atomic E-state index is 12.6. The molecule has 1 aromatic carbocycles. The van der Waals surface area contributed by atoms with Crippen molar-refractivity contribution in [1.82, 2.24) is 19.4 Å². The normalized spacial score (nSPS) is 14.1. The number of hydrogen-bond donors (Lipinski definition) is 0. The quantitative estimate of drug-likeness (QED) is 0.646. The number of benzene rings is 1. The van der Waals surface area contributed by atoms with E-state index in [9.17, 15) is 4.79 Å². The molecule has 7 nitrogen and oxygen atoms in total. The molecule has 3 aromatic rings. The van der Waals surface area contributed by atoms with Crippen LogP contribution < -0.4 is 9.64 Å². The van der Waals surface area contributed by atoms with Crippen LogP contribution in [0, 0.1) is 0 Å². The lowest BCUT2D eigenvalue weighted by Gasteiger charge is -2.35. The monoisotopic (exact) mass is 391 g/mol. The van der Waals surface area contributed by atoms with Crippen molar-refractivity contribution in [1.29, 1.82) is 0 Å². The molecule has 0 N–H and O–H groups in total. The summed E-state index contributed by atoms with van der Waals surface area (Å²) in [4.78, 5) is 25.5. The van der Waals surface area contributed by atoms with Crippen molar-refractivity contribution in [3.8, 4) is 11.6 Å². The molecule has 1 fully saturated rings. The van der Waals surface area contributed by atoms with Gasteiger partial charge in [0.15, 0.2) is 0 Å². The van der Waals surface area contributed by atoms with E-state index in [2.05, 4.69) is 14.9 Å². The minimum Gasteiger partial charge on any atom is -0.497 e. The van der Waals surface area contributed by atoms with Gasteiger partial charge in [-0.2, -0.15) is 0 Å². The molecule has 1 amide bonds. The molecule has 0 bridgehead atoms. The van der Waals surface area contributed by atoms with Crippen molar-refractivity contribution >= 4 is 11.7 Å². The minimum atomic E-state index is 0.205. The zero-order valence-electron chi connectivity index (χ0n) is 16.6. The second-order valence-corrected chi connectivity index (χ2v) is 7.04. The van der Waals surface area contributed by atoms with Crippen LogP contribution in [-0.4, -0.2) is 58.6 Å². The van der Waals surface area contributed by atoms with Crippen molar-refractivity contribution in [2.75, 3.05) is 38.2 Å². The highest BCUT2D eigenvalue weighted by atomic mass is 16.5. The van der Waals surface area contributed by atoms with Gasteiger partial charge in [-0.05, 0) is 36.2 Å². The third-order valence-corrected chi connectivity index (χ3v) is 5.25. The van der Waals surface area contributed by atoms with E-state index in [1.807, 2.05) is 64.3 Å². The average Bonchev–Trinajstić information content (AvgIpc) is 3.33. The van der Waals surface area contributed by atoms with E-state index < -0.39 is 0 Å². The number of carbonyl (C=O) groups is 1. The Bertz CT molecular complexity index is 932. The Labute approximate surface area is 170 Å². The second kappa shape index (κ2) is 8.77. The number of amides is 1. The van der Waals surface area contributed by atoms with Gasteiger partial charge in [-0.25, -0.2) is 9.97 Å². The average molecular weight is 391 g/mol. The maximum Gasteiger partial charge on any atom is 0.223 e. The summed E-state index contributed by atoms with van der Waals surface area (Å²) >= 11 is 0. The van der Waals surface area contributed by atoms with Gasteiger partial charge in [-0.3, -0.25) is 4.79 Å². The predicted octanol–water partition coefficient (Wildman–Crippen LogP) is 2.56. The number of ether oxygens (including phenoxy) is 1. The van der Waals surface area contributed by atoms with Gasteiger partial charge in [0.2, 0.25) is 5.91 Å². The Morgan fingerprint density at radius 3 is 2.38 bits per heavy atom. The molecular weight excluding hydrogens is 366 g/mol. The number of nitrogens with zero attached hydrogens (tertiary/aromatic N) is 5. The van der Waals surface area contributed by atoms with Crippen molar-refractivity contribution in [3.63, 3.8) is 0 Å². The zero-order chi connectivity index (χ0) is 20.1. The van der Waals surface area contributed by atoms with E-state index in [1.165, 1.54) is 0 Å². The maximum absolute atomic E-state index is 12.6. The smallest absolute Gasteiger partial charge is 0.223 e. The van der Waals surface area contributed by atoms with E-state index in [4.69, 9.17) is 4.74 Å². The zero-order valence-corrected chi connectivity index (χ0v) is 16.6. The van der Waals surface area contributed by atoms with Gasteiger partial charge in [-0.1, -0.05) is 12.1 Å². The molecule has 4 rings (SSSR count). The van der Waals surface area contributed by atoms with E-state index in [1.54, 1.807) is 13.4 Å². The van der Waals surface area contributed by atoms with E-state index in [0.717, 1.165) is 42.5 Å².